The Morgan fingerprint density at radius 3 is 2.53 bits per heavy atom. The lowest BCUT2D eigenvalue weighted by Crippen LogP contribution is -2.22. The summed E-state index contributed by atoms with van der Waals surface area (Å²) in [6.07, 6.45) is 0. The van der Waals surface area contributed by atoms with Gasteiger partial charge in [-0.2, -0.15) is 5.26 Å². The summed E-state index contributed by atoms with van der Waals surface area (Å²) in [4.78, 5) is 3.64. The standard InChI is InChI=1S/C22H15F2N5O/c1-11-18(10-25)20(21(26-3)12(2)27-11)13-4-5-19-17(6-13)22(29-28-19)30-16-8-14(23)7-15(24)9-16/h4-9,20,27H,1-2H3,(H,28,29). The third-order valence-corrected chi connectivity index (χ3v) is 4.90. The smallest absolute Gasteiger partial charge is 0.245 e. The molecule has 0 fully saturated rings. The first-order valence-corrected chi connectivity index (χ1v) is 8.99. The number of hydrogen-bond acceptors (Lipinski definition) is 4. The highest BCUT2D eigenvalue weighted by atomic mass is 19.1. The Balaban J connectivity index is 1.82. The van der Waals surface area contributed by atoms with Gasteiger partial charge in [-0.15, -0.1) is 5.10 Å². The summed E-state index contributed by atoms with van der Waals surface area (Å²) < 4.78 is 32.6. The molecule has 0 saturated carbocycles. The van der Waals surface area contributed by atoms with E-state index < -0.39 is 17.6 Å². The minimum Gasteiger partial charge on any atom is -0.437 e. The van der Waals surface area contributed by atoms with E-state index in [0.29, 0.717) is 39.1 Å². The molecule has 1 unspecified atom stereocenters. The second-order valence-electron chi connectivity index (χ2n) is 6.87. The van der Waals surface area contributed by atoms with Crippen molar-refractivity contribution in [2.75, 3.05) is 0 Å². The van der Waals surface area contributed by atoms with Crippen LogP contribution in [0.15, 0.2) is 59.1 Å². The zero-order valence-corrected chi connectivity index (χ0v) is 16.0. The van der Waals surface area contributed by atoms with Crippen molar-refractivity contribution in [3.63, 3.8) is 0 Å². The Bertz CT molecular complexity index is 1270. The molecule has 2 heterocycles. The first-order valence-electron chi connectivity index (χ1n) is 8.99. The molecule has 0 amide bonds. The molecule has 4 rings (SSSR count). The number of allylic oxidation sites excluding steroid dienone is 3. The fraction of sp³-hybridized carbons (Fsp3) is 0.136. The number of nitriles is 1. The van der Waals surface area contributed by atoms with Gasteiger partial charge in [0.05, 0.1) is 35.0 Å². The SMILES string of the molecule is [C-]#[N+]C1=C(C)NC(C)=C(C#N)C1c1ccc2[nH]nc(Oc3cc(F)cc(F)c3)c2c1. The third-order valence-electron chi connectivity index (χ3n) is 4.90. The van der Waals surface area contributed by atoms with Crippen molar-refractivity contribution in [3.05, 3.63) is 87.7 Å². The molecule has 0 bridgehead atoms. The van der Waals surface area contributed by atoms with Crippen LogP contribution < -0.4 is 10.1 Å². The fourth-order valence-electron chi connectivity index (χ4n) is 3.57. The Kier molecular flexibility index (Phi) is 4.69. The Hall–Kier alpha value is -4.17. The van der Waals surface area contributed by atoms with Crippen LogP contribution in [0.1, 0.15) is 25.3 Å². The molecule has 6 nitrogen and oxygen atoms in total. The number of H-pyrrole nitrogens is 1. The first-order chi connectivity index (χ1) is 14.4. The monoisotopic (exact) mass is 403 g/mol. The Morgan fingerprint density at radius 2 is 1.87 bits per heavy atom. The number of hydrogen-bond donors (Lipinski definition) is 2. The maximum absolute atomic E-state index is 13.5. The first kappa shape index (κ1) is 19.2. The number of nitrogens with one attached hydrogen (secondary N) is 2. The van der Waals surface area contributed by atoms with Gasteiger partial charge in [0.15, 0.2) is 5.70 Å². The molecular weight excluding hydrogens is 388 g/mol. The van der Waals surface area contributed by atoms with E-state index in [4.69, 9.17) is 11.3 Å². The molecule has 0 radical (unpaired) electrons. The summed E-state index contributed by atoms with van der Waals surface area (Å²) in [5, 5.41) is 20.2. The van der Waals surface area contributed by atoms with E-state index in [1.807, 2.05) is 6.07 Å². The summed E-state index contributed by atoms with van der Waals surface area (Å²) in [6, 6.07) is 10.4. The van der Waals surface area contributed by atoms with Crippen LogP contribution in [-0.2, 0) is 0 Å². The van der Waals surface area contributed by atoms with Gasteiger partial charge in [0, 0.05) is 29.6 Å². The van der Waals surface area contributed by atoms with Crippen LogP contribution in [0.25, 0.3) is 15.7 Å². The van der Waals surface area contributed by atoms with Crippen molar-refractivity contribution >= 4 is 10.9 Å². The van der Waals surface area contributed by atoms with Gasteiger partial charge < -0.3 is 10.1 Å². The Labute approximate surface area is 170 Å². The van der Waals surface area contributed by atoms with E-state index in [9.17, 15) is 14.0 Å². The van der Waals surface area contributed by atoms with Gasteiger partial charge in [0.25, 0.3) is 0 Å². The molecule has 3 aromatic rings. The summed E-state index contributed by atoms with van der Waals surface area (Å²) in [5.41, 5.74) is 3.60. The van der Waals surface area contributed by atoms with Crippen LogP contribution in [0, 0.1) is 29.5 Å². The highest BCUT2D eigenvalue weighted by Crippen LogP contribution is 2.40. The van der Waals surface area contributed by atoms with E-state index in [1.165, 1.54) is 0 Å². The lowest BCUT2D eigenvalue weighted by atomic mass is 9.84. The minimum atomic E-state index is -0.762. The number of ether oxygens (including phenoxy) is 1. The zero-order chi connectivity index (χ0) is 21.4. The largest absolute Gasteiger partial charge is 0.437 e. The quantitative estimate of drug-likeness (QED) is 0.584. The van der Waals surface area contributed by atoms with Crippen molar-refractivity contribution in [1.29, 1.82) is 5.26 Å². The van der Waals surface area contributed by atoms with Crippen LogP contribution in [-0.4, -0.2) is 10.2 Å². The number of aromatic amines is 1. The lowest BCUT2D eigenvalue weighted by Gasteiger charge is -2.26. The second-order valence-corrected chi connectivity index (χ2v) is 6.87. The average Bonchev–Trinajstić information content (AvgIpc) is 3.08. The number of dihydropyridines is 1. The van der Waals surface area contributed by atoms with Crippen molar-refractivity contribution in [1.82, 2.24) is 15.5 Å². The predicted octanol–water partition coefficient (Wildman–Crippen LogP) is 5.27. The molecule has 1 aromatic heterocycles. The fourth-order valence-corrected chi connectivity index (χ4v) is 3.57. The molecular formula is C22H15F2N5O. The molecule has 1 atom stereocenters. The predicted molar refractivity (Wildman–Crippen MR) is 106 cm³/mol. The number of nitrogens with zero attached hydrogens (tertiary/aromatic N) is 3. The number of aromatic nitrogens is 2. The molecule has 1 aliphatic rings. The van der Waals surface area contributed by atoms with Gasteiger partial charge in [-0.25, -0.2) is 13.6 Å². The summed E-state index contributed by atoms with van der Waals surface area (Å²) in [6.45, 7) is 11.2. The minimum absolute atomic E-state index is 0.0285. The summed E-state index contributed by atoms with van der Waals surface area (Å²) >= 11 is 0. The van der Waals surface area contributed by atoms with E-state index in [0.717, 1.165) is 18.2 Å². The molecule has 148 valence electrons. The van der Waals surface area contributed by atoms with Crippen LogP contribution in [0.2, 0.25) is 0 Å². The van der Waals surface area contributed by atoms with Crippen LogP contribution >= 0.6 is 0 Å². The van der Waals surface area contributed by atoms with Gasteiger partial charge in [-0.1, -0.05) is 6.07 Å². The molecule has 8 heteroatoms. The van der Waals surface area contributed by atoms with Crippen molar-refractivity contribution < 1.29 is 13.5 Å². The van der Waals surface area contributed by atoms with Crippen LogP contribution in [0.4, 0.5) is 8.78 Å². The average molecular weight is 403 g/mol. The molecule has 0 aliphatic carbocycles. The van der Waals surface area contributed by atoms with Crippen molar-refractivity contribution in [2.24, 2.45) is 0 Å². The number of rotatable bonds is 3. The molecule has 0 saturated heterocycles. The van der Waals surface area contributed by atoms with E-state index >= 15 is 0 Å². The Morgan fingerprint density at radius 1 is 1.13 bits per heavy atom. The van der Waals surface area contributed by atoms with Crippen LogP contribution in [0.3, 0.4) is 0 Å². The van der Waals surface area contributed by atoms with Gasteiger partial charge >= 0.3 is 0 Å². The maximum Gasteiger partial charge on any atom is 0.245 e. The third kappa shape index (κ3) is 3.25. The van der Waals surface area contributed by atoms with E-state index in [-0.39, 0.29) is 11.6 Å². The summed E-state index contributed by atoms with van der Waals surface area (Å²) in [7, 11) is 0. The van der Waals surface area contributed by atoms with Crippen molar-refractivity contribution in [2.45, 2.75) is 19.8 Å². The van der Waals surface area contributed by atoms with Crippen molar-refractivity contribution in [3.8, 4) is 17.7 Å². The number of halogens is 2. The highest BCUT2D eigenvalue weighted by Gasteiger charge is 2.30. The van der Waals surface area contributed by atoms with Gasteiger partial charge in [0.2, 0.25) is 5.88 Å². The molecule has 2 N–H and O–H groups in total. The highest BCUT2D eigenvalue weighted by molar-refractivity contribution is 5.85. The van der Waals surface area contributed by atoms with Crippen LogP contribution in [0.5, 0.6) is 11.6 Å². The topological polar surface area (TPSA) is 78.1 Å². The lowest BCUT2D eigenvalue weighted by molar-refractivity contribution is 0.454. The normalized spacial score (nSPS) is 16.3. The molecule has 0 spiro atoms. The molecule has 2 aromatic carbocycles. The number of benzene rings is 2. The van der Waals surface area contributed by atoms with Gasteiger partial charge in [-0.3, -0.25) is 5.10 Å². The van der Waals surface area contributed by atoms with E-state index in [2.05, 4.69) is 26.4 Å². The molecule has 1 aliphatic heterocycles. The van der Waals surface area contributed by atoms with E-state index in [1.54, 1.807) is 26.0 Å². The van der Waals surface area contributed by atoms with Gasteiger partial charge in [0.1, 0.15) is 17.4 Å². The maximum atomic E-state index is 13.5. The second kappa shape index (κ2) is 7.34. The summed E-state index contributed by atoms with van der Waals surface area (Å²) in [5.74, 6) is -1.95. The number of fused-ring (bicyclic) bond motifs is 1. The zero-order valence-electron chi connectivity index (χ0n) is 16.0. The molecule has 30 heavy (non-hydrogen) atoms. The van der Waals surface area contributed by atoms with Gasteiger partial charge in [-0.05, 0) is 31.5 Å².